The number of aryl methyl sites for hydroxylation is 1. The van der Waals surface area contributed by atoms with Gasteiger partial charge in [0.05, 0.1) is 12.6 Å². The Morgan fingerprint density at radius 3 is 3.13 bits per heavy atom. The van der Waals surface area contributed by atoms with Crippen LogP contribution >= 0.6 is 0 Å². The molecule has 0 spiro atoms. The van der Waals surface area contributed by atoms with E-state index in [-0.39, 0.29) is 5.91 Å². The monoisotopic (exact) mass is 306 g/mol. The summed E-state index contributed by atoms with van der Waals surface area (Å²) in [4.78, 5) is 18.9. The third kappa shape index (κ3) is 2.59. The van der Waals surface area contributed by atoms with Gasteiger partial charge in [-0.1, -0.05) is 29.8 Å². The van der Waals surface area contributed by atoms with Crippen molar-refractivity contribution in [1.82, 2.24) is 20.1 Å². The summed E-state index contributed by atoms with van der Waals surface area (Å²) in [5.41, 5.74) is 5.48. The van der Waals surface area contributed by atoms with E-state index in [0.717, 1.165) is 35.1 Å². The lowest BCUT2D eigenvalue weighted by molar-refractivity contribution is -0.131. The number of aromatic amines is 1. The standard InChI is InChI=1S/C18H18N4O/c1-12-3-2-4-13(7-12)8-17(23)22-6-5-15-14(11-22)9-19-18-16(15)10-20-21-18/h2-4,7,9-10H,5-6,8,11H2,1H3,(H,19,20,21). The molecule has 1 aliphatic heterocycles. The molecule has 0 saturated carbocycles. The molecule has 116 valence electrons. The van der Waals surface area contributed by atoms with Gasteiger partial charge >= 0.3 is 0 Å². The van der Waals surface area contributed by atoms with Crippen LogP contribution in [0.4, 0.5) is 0 Å². The molecule has 5 nitrogen and oxygen atoms in total. The summed E-state index contributed by atoms with van der Waals surface area (Å²) in [7, 11) is 0. The number of aromatic nitrogens is 3. The molecule has 1 aliphatic rings. The fraction of sp³-hybridized carbons (Fsp3) is 0.278. The van der Waals surface area contributed by atoms with Crippen LogP contribution in [-0.4, -0.2) is 32.5 Å². The van der Waals surface area contributed by atoms with Crippen molar-refractivity contribution >= 4 is 16.9 Å². The van der Waals surface area contributed by atoms with Gasteiger partial charge in [0.15, 0.2) is 5.65 Å². The number of carbonyl (C=O) groups is 1. The second-order valence-corrected chi connectivity index (χ2v) is 6.13. The maximum Gasteiger partial charge on any atom is 0.227 e. The highest BCUT2D eigenvalue weighted by molar-refractivity contribution is 5.82. The number of nitrogens with one attached hydrogen (secondary N) is 1. The first-order valence-corrected chi connectivity index (χ1v) is 7.84. The average Bonchev–Trinajstić information content (AvgIpc) is 3.03. The molecule has 3 aromatic rings. The van der Waals surface area contributed by atoms with E-state index in [0.29, 0.717) is 13.0 Å². The third-order valence-corrected chi connectivity index (χ3v) is 4.46. The molecule has 3 heterocycles. The number of amides is 1. The molecule has 1 amide bonds. The van der Waals surface area contributed by atoms with Gasteiger partial charge in [-0.3, -0.25) is 9.89 Å². The number of carbonyl (C=O) groups excluding carboxylic acids is 1. The fourth-order valence-corrected chi connectivity index (χ4v) is 3.28. The van der Waals surface area contributed by atoms with Gasteiger partial charge in [0.2, 0.25) is 5.91 Å². The number of fused-ring (bicyclic) bond motifs is 3. The zero-order valence-corrected chi connectivity index (χ0v) is 13.0. The SMILES string of the molecule is Cc1cccc(CC(=O)N2CCc3c(cnc4[nH]ncc34)C2)c1. The van der Waals surface area contributed by atoms with Gasteiger partial charge < -0.3 is 4.90 Å². The largest absolute Gasteiger partial charge is 0.338 e. The minimum atomic E-state index is 0.175. The van der Waals surface area contributed by atoms with Crippen molar-refractivity contribution in [2.75, 3.05) is 6.54 Å². The summed E-state index contributed by atoms with van der Waals surface area (Å²) >= 11 is 0. The van der Waals surface area contributed by atoms with E-state index < -0.39 is 0 Å². The molecule has 23 heavy (non-hydrogen) atoms. The van der Waals surface area contributed by atoms with Crippen LogP contribution in [0.1, 0.15) is 22.3 Å². The van der Waals surface area contributed by atoms with Crippen molar-refractivity contribution in [2.24, 2.45) is 0 Å². The maximum atomic E-state index is 12.6. The van der Waals surface area contributed by atoms with Gasteiger partial charge in [0.25, 0.3) is 0 Å². The highest BCUT2D eigenvalue weighted by atomic mass is 16.2. The van der Waals surface area contributed by atoms with Crippen molar-refractivity contribution in [3.8, 4) is 0 Å². The predicted octanol–water partition coefficient (Wildman–Crippen LogP) is 2.39. The fourth-order valence-electron chi connectivity index (χ4n) is 3.28. The highest BCUT2D eigenvalue weighted by Crippen LogP contribution is 2.25. The van der Waals surface area contributed by atoms with Crippen molar-refractivity contribution in [3.63, 3.8) is 0 Å². The van der Waals surface area contributed by atoms with Gasteiger partial charge in [-0.25, -0.2) is 4.98 Å². The van der Waals surface area contributed by atoms with Crippen LogP contribution < -0.4 is 0 Å². The van der Waals surface area contributed by atoms with Crippen molar-refractivity contribution < 1.29 is 4.79 Å². The van der Waals surface area contributed by atoms with E-state index >= 15 is 0 Å². The zero-order valence-electron chi connectivity index (χ0n) is 13.0. The van der Waals surface area contributed by atoms with Crippen molar-refractivity contribution in [1.29, 1.82) is 0 Å². The first-order chi connectivity index (χ1) is 11.2. The minimum Gasteiger partial charge on any atom is -0.338 e. The molecule has 4 rings (SSSR count). The van der Waals surface area contributed by atoms with Gasteiger partial charge in [0.1, 0.15) is 0 Å². The molecule has 0 atom stereocenters. The lowest BCUT2D eigenvalue weighted by atomic mass is 9.98. The van der Waals surface area contributed by atoms with E-state index in [1.807, 2.05) is 42.4 Å². The summed E-state index contributed by atoms with van der Waals surface area (Å²) < 4.78 is 0. The van der Waals surface area contributed by atoms with Crippen LogP contribution in [0.3, 0.4) is 0 Å². The second-order valence-electron chi connectivity index (χ2n) is 6.13. The molecule has 2 aromatic heterocycles. The van der Waals surface area contributed by atoms with Crippen molar-refractivity contribution in [2.45, 2.75) is 26.3 Å². The Morgan fingerprint density at radius 2 is 2.26 bits per heavy atom. The molecular formula is C18H18N4O. The molecule has 1 aromatic carbocycles. The summed E-state index contributed by atoms with van der Waals surface area (Å²) in [5.74, 6) is 0.175. The van der Waals surface area contributed by atoms with Crippen LogP contribution in [0.5, 0.6) is 0 Å². The number of hydrogen-bond donors (Lipinski definition) is 1. The van der Waals surface area contributed by atoms with Crippen LogP contribution in [0.15, 0.2) is 36.7 Å². The molecule has 0 fully saturated rings. The Balaban J connectivity index is 1.54. The number of hydrogen-bond acceptors (Lipinski definition) is 3. The topological polar surface area (TPSA) is 61.9 Å². The Labute approximate surface area is 134 Å². The first kappa shape index (κ1) is 13.9. The lowest BCUT2D eigenvalue weighted by Crippen LogP contribution is -2.37. The smallest absolute Gasteiger partial charge is 0.227 e. The van der Waals surface area contributed by atoms with Gasteiger partial charge in [-0.15, -0.1) is 0 Å². The van der Waals surface area contributed by atoms with Gasteiger partial charge in [-0.05, 0) is 30.0 Å². The van der Waals surface area contributed by atoms with Gasteiger partial charge in [-0.2, -0.15) is 5.10 Å². The molecule has 1 N–H and O–H groups in total. The second kappa shape index (κ2) is 5.50. The molecule has 0 unspecified atom stereocenters. The Hall–Kier alpha value is -2.69. The third-order valence-electron chi connectivity index (χ3n) is 4.46. The molecule has 0 radical (unpaired) electrons. The number of rotatable bonds is 2. The zero-order chi connectivity index (χ0) is 15.8. The first-order valence-electron chi connectivity index (χ1n) is 7.84. The lowest BCUT2D eigenvalue weighted by Gasteiger charge is -2.29. The van der Waals surface area contributed by atoms with E-state index in [1.165, 1.54) is 11.1 Å². The normalized spacial score (nSPS) is 14.0. The van der Waals surface area contributed by atoms with E-state index in [9.17, 15) is 4.79 Å². The number of benzene rings is 1. The molecule has 0 aliphatic carbocycles. The highest BCUT2D eigenvalue weighted by Gasteiger charge is 2.23. The average molecular weight is 306 g/mol. The summed E-state index contributed by atoms with van der Waals surface area (Å²) in [6.45, 7) is 3.43. The van der Waals surface area contributed by atoms with E-state index in [1.54, 1.807) is 0 Å². The van der Waals surface area contributed by atoms with Gasteiger partial charge in [0, 0.05) is 24.7 Å². The number of nitrogens with zero attached hydrogens (tertiary/aromatic N) is 3. The van der Waals surface area contributed by atoms with Crippen LogP contribution in [0.2, 0.25) is 0 Å². The predicted molar refractivity (Wildman–Crippen MR) is 87.9 cm³/mol. The Bertz CT molecular complexity index is 884. The maximum absolute atomic E-state index is 12.6. The molecule has 5 heteroatoms. The van der Waals surface area contributed by atoms with Crippen LogP contribution in [-0.2, 0) is 24.2 Å². The number of H-pyrrole nitrogens is 1. The summed E-state index contributed by atoms with van der Waals surface area (Å²) in [6, 6.07) is 8.14. The quantitative estimate of drug-likeness (QED) is 0.791. The molecule has 0 bridgehead atoms. The van der Waals surface area contributed by atoms with E-state index in [2.05, 4.69) is 21.2 Å². The summed E-state index contributed by atoms with van der Waals surface area (Å²) in [5, 5.41) is 8.04. The molecule has 0 saturated heterocycles. The minimum absolute atomic E-state index is 0.175. The van der Waals surface area contributed by atoms with Crippen LogP contribution in [0.25, 0.3) is 11.0 Å². The Morgan fingerprint density at radius 1 is 1.35 bits per heavy atom. The van der Waals surface area contributed by atoms with E-state index in [4.69, 9.17) is 0 Å². The molecular weight excluding hydrogens is 288 g/mol. The van der Waals surface area contributed by atoms with Crippen molar-refractivity contribution in [3.05, 3.63) is 58.9 Å². The van der Waals surface area contributed by atoms with Crippen LogP contribution in [0, 0.1) is 6.92 Å². The number of pyridine rings is 1. The Kier molecular flexibility index (Phi) is 3.33. The summed E-state index contributed by atoms with van der Waals surface area (Å²) in [6.07, 6.45) is 5.00.